The highest BCUT2D eigenvalue weighted by Crippen LogP contribution is 2.18. The molecule has 1 unspecified atom stereocenters. The summed E-state index contributed by atoms with van der Waals surface area (Å²) in [5.41, 5.74) is 0. The maximum absolute atomic E-state index is 11.7. The molecular formula is C12H18N4O2. The molecule has 0 aliphatic heterocycles. The Labute approximate surface area is 106 Å². The molecule has 1 fully saturated rings. The molecule has 6 heteroatoms. The van der Waals surface area contributed by atoms with E-state index in [0.717, 1.165) is 12.8 Å². The van der Waals surface area contributed by atoms with Gasteiger partial charge in [-0.2, -0.15) is 4.98 Å². The average molecular weight is 250 g/mol. The second kappa shape index (κ2) is 5.66. The number of hydrogen-bond donors (Lipinski definition) is 2. The third-order valence-corrected chi connectivity index (χ3v) is 2.58. The van der Waals surface area contributed by atoms with E-state index < -0.39 is 0 Å². The van der Waals surface area contributed by atoms with Crippen molar-refractivity contribution in [3.63, 3.8) is 0 Å². The van der Waals surface area contributed by atoms with Crippen LogP contribution >= 0.6 is 0 Å². The van der Waals surface area contributed by atoms with E-state index in [1.54, 1.807) is 19.2 Å². The molecule has 1 heterocycles. The minimum atomic E-state index is -0.359. The third kappa shape index (κ3) is 3.58. The van der Waals surface area contributed by atoms with Gasteiger partial charge in [0.2, 0.25) is 17.7 Å². The fourth-order valence-electron chi connectivity index (χ4n) is 1.45. The summed E-state index contributed by atoms with van der Waals surface area (Å²) >= 11 is 0. The molecule has 1 aromatic heterocycles. The van der Waals surface area contributed by atoms with Crippen molar-refractivity contribution in [2.24, 2.45) is 0 Å². The topological polar surface area (TPSA) is 76.1 Å². The van der Waals surface area contributed by atoms with Crippen molar-refractivity contribution in [3.8, 4) is 5.88 Å². The fraction of sp³-hybridized carbons (Fsp3) is 0.583. The van der Waals surface area contributed by atoms with Gasteiger partial charge in [0, 0.05) is 18.3 Å². The molecule has 1 saturated carbocycles. The Morgan fingerprint density at radius 3 is 3.06 bits per heavy atom. The van der Waals surface area contributed by atoms with Crippen LogP contribution in [0.1, 0.15) is 26.7 Å². The molecule has 2 N–H and O–H groups in total. The number of carbonyl (C=O) groups is 1. The zero-order chi connectivity index (χ0) is 13.0. The van der Waals surface area contributed by atoms with Crippen LogP contribution in [0.2, 0.25) is 0 Å². The van der Waals surface area contributed by atoms with Crippen molar-refractivity contribution in [2.45, 2.75) is 38.8 Å². The average Bonchev–Trinajstić information content (AvgIpc) is 3.14. The Morgan fingerprint density at radius 2 is 2.39 bits per heavy atom. The van der Waals surface area contributed by atoms with Crippen molar-refractivity contribution in [1.29, 1.82) is 0 Å². The first-order valence-corrected chi connectivity index (χ1v) is 6.21. The molecule has 0 aromatic carbocycles. The van der Waals surface area contributed by atoms with Gasteiger partial charge >= 0.3 is 0 Å². The van der Waals surface area contributed by atoms with Crippen molar-refractivity contribution >= 4 is 11.9 Å². The lowest BCUT2D eigenvalue weighted by atomic mass is 10.3. The Kier molecular flexibility index (Phi) is 3.96. The van der Waals surface area contributed by atoms with E-state index in [0.29, 0.717) is 24.5 Å². The van der Waals surface area contributed by atoms with Gasteiger partial charge in [0.1, 0.15) is 6.04 Å². The van der Waals surface area contributed by atoms with E-state index in [-0.39, 0.29) is 11.9 Å². The zero-order valence-corrected chi connectivity index (χ0v) is 10.6. The predicted molar refractivity (Wildman–Crippen MR) is 67.5 cm³/mol. The largest absolute Gasteiger partial charge is 0.478 e. The van der Waals surface area contributed by atoms with Crippen LogP contribution in [0.5, 0.6) is 5.88 Å². The van der Waals surface area contributed by atoms with Gasteiger partial charge in [-0.05, 0) is 26.7 Å². The van der Waals surface area contributed by atoms with Crippen LogP contribution in [0.25, 0.3) is 0 Å². The Bertz CT molecular complexity index is 420. The summed E-state index contributed by atoms with van der Waals surface area (Å²) in [4.78, 5) is 20.0. The highest BCUT2D eigenvalue weighted by Gasteiger charge is 2.25. The van der Waals surface area contributed by atoms with Crippen LogP contribution in [-0.4, -0.2) is 34.6 Å². The van der Waals surface area contributed by atoms with Gasteiger partial charge in [0.15, 0.2) is 0 Å². The Balaban J connectivity index is 1.90. The summed E-state index contributed by atoms with van der Waals surface area (Å²) in [5, 5.41) is 5.88. The van der Waals surface area contributed by atoms with Crippen molar-refractivity contribution in [1.82, 2.24) is 15.3 Å². The SMILES string of the molecule is CCOc1ccnc(NC(C)C(=O)NC2CC2)n1. The van der Waals surface area contributed by atoms with Gasteiger partial charge in [0.25, 0.3) is 0 Å². The van der Waals surface area contributed by atoms with Crippen LogP contribution < -0.4 is 15.4 Å². The lowest BCUT2D eigenvalue weighted by Gasteiger charge is -2.13. The number of hydrogen-bond acceptors (Lipinski definition) is 5. The fourth-order valence-corrected chi connectivity index (χ4v) is 1.45. The number of nitrogens with one attached hydrogen (secondary N) is 2. The van der Waals surface area contributed by atoms with Gasteiger partial charge in [0.05, 0.1) is 6.61 Å². The maximum atomic E-state index is 11.7. The molecule has 0 radical (unpaired) electrons. The van der Waals surface area contributed by atoms with E-state index in [9.17, 15) is 4.79 Å². The number of ether oxygens (including phenoxy) is 1. The van der Waals surface area contributed by atoms with Crippen molar-refractivity contribution < 1.29 is 9.53 Å². The third-order valence-electron chi connectivity index (χ3n) is 2.58. The van der Waals surface area contributed by atoms with E-state index >= 15 is 0 Å². The number of amides is 1. The number of anilines is 1. The minimum absolute atomic E-state index is 0.0251. The second-order valence-electron chi connectivity index (χ2n) is 4.30. The van der Waals surface area contributed by atoms with Crippen LogP contribution in [0.4, 0.5) is 5.95 Å². The lowest BCUT2D eigenvalue weighted by Crippen LogP contribution is -2.39. The summed E-state index contributed by atoms with van der Waals surface area (Å²) in [6, 6.07) is 1.68. The molecule has 1 atom stereocenters. The summed E-state index contributed by atoms with van der Waals surface area (Å²) in [7, 11) is 0. The molecule has 0 bridgehead atoms. The predicted octanol–water partition coefficient (Wildman–Crippen LogP) is 0.954. The lowest BCUT2D eigenvalue weighted by molar-refractivity contribution is -0.121. The first-order valence-electron chi connectivity index (χ1n) is 6.21. The summed E-state index contributed by atoms with van der Waals surface area (Å²) < 4.78 is 5.27. The number of rotatable bonds is 6. The molecule has 0 spiro atoms. The first-order chi connectivity index (χ1) is 8.69. The summed E-state index contributed by atoms with van der Waals surface area (Å²) in [6.07, 6.45) is 3.76. The second-order valence-corrected chi connectivity index (χ2v) is 4.30. The minimum Gasteiger partial charge on any atom is -0.478 e. The molecule has 1 amide bonds. The van der Waals surface area contributed by atoms with E-state index in [2.05, 4.69) is 20.6 Å². The van der Waals surface area contributed by atoms with E-state index in [1.807, 2.05) is 6.92 Å². The monoisotopic (exact) mass is 250 g/mol. The van der Waals surface area contributed by atoms with Crippen LogP contribution in [0.3, 0.4) is 0 Å². The summed E-state index contributed by atoms with van der Waals surface area (Å²) in [6.45, 7) is 4.23. The van der Waals surface area contributed by atoms with Gasteiger partial charge in [-0.15, -0.1) is 0 Å². The molecular weight excluding hydrogens is 232 g/mol. The van der Waals surface area contributed by atoms with Crippen LogP contribution in [-0.2, 0) is 4.79 Å². The van der Waals surface area contributed by atoms with E-state index in [4.69, 9.17) is 4.74 Å². The maximum Gasteiger partial charge on any atom is 0.242 e. The summed E-state index contributed by atoms with van der Waals surface area (Å²) in [5.74, 6) is 0.882. The zero-order valence-electron chi connectivity index (χ0n) is 10.6. The molecule has 1 aliphatic rings. The first kappa shape index (κ1) is 12.6. The highest BCUT2D eigenvalue weighted by molar-refractivity contribution is 5.84. The van der Waals surface area contributed by atoms with Gasteiger partial charge in [-0.1, -0.05) is 0 Å². The Hall–Kier alpha value is -1.85. The molecule has 6 nitrogen and oxygen atoms in total. The van der Waals surface area contributed by atoms with E-state index in [1.165, 1.54) is 0 Å². The standard InChI is InChI=1S/C12H18N4O2/c1-3-18-10-6-7-13-12(16-10)14-8(2)11(17)15-9-4-5-9/h6-9H,3-5H2,1-2H3,(H,15,17)(H,13,14,16). The molecule has 0 saturated heterocycles. The molecule has 2 rings (SSSR count). The highest BCUT2D eigenvalue weighted by atomic mass is 16.5. The number of carbonyl (C=O) groups excluding carboxylic acids is 1. The van der Waals surface area contributed by atoms with Crippen molar-refractivity contribution in [3.05, 3.63) is 12.3 Å². The Morgan fingerprint density at radius 1 is 1.61 bits per heavy atom. The van der Waals surface area contributed by atoms with Crippen LogP contribution in [0.15, 0.2) is 12.3 Å². The number of nitrogens with zero attached hydrogens (tertiary/aromatic N) is 2. The van der Waals surface area contributed by atoms with Gasteiger partial charge in [-0.25, -0.2) is 4.98 Å². The molecule has 98 valence electrons. The smallest absolute Gasteiger partial charge is 0.242 e. The molecule has 18 heavy (non-hydrogen) atoms. The quantitative estimate of drug-likeness (QED) is 0.786. The van der Waals surface area contributed by atoms with Crippen molar-refractivity contribution in [2.75, 3.05) is 11.9 Å². The molecule has 1 aliphatic carbocycles. The molecule has 1 aromatic rings. The van der Waals surface area contributed by atoms with Crippen LogP contribution in [0, 0.1) is 0 Å². The van der Waals surface area contributed by atoms with Gasteiger partial charge in [-0.3, -0.25) is 4.79 Å². The van der Waals surface area contributed by atoms with Gasteiger partial charge < -0.3 is 15.4 Å². The number of aromatic nitrogens is 2. The normalized spacial score (nSPS) is 15.9.